The van der Waals surface area contributed by atoms with Gasteiger partial charge in [0.2, 0.25) is 1.43 Å². The Balaban J connectivity index is 4.14. The van der Waals surface area contributed by atoms with Gasteiger partial charge in [0, 0.05) is 4.11 Å². The fraction of sp³-hybridized carbons (Fsp3) is 1.00. The molecule has 0 spiro atoms. The summed E-state index contributed by atoms with van der Waals surface area (Å²) in [6, 6.07) is 0. The van der Waals surface area contributed by atoms with Gasteiger partial charge < -0.3 is 5.11 Å². The van der Waals surface area contributed by atoms with Gasteiger partial charge in [-0.2, -0.15) is 0 Å². The molecule has 0 aliphatic rings. The summed E-state index contributed by atoms with van der Waals surface area (Å²) in [6.07, 6.45) is 0. The lowest BCUT2D eigenvalue weighted by atomic mass is 10.2. The van der Waals surface area contributed by atoms with Gasteiger partial charge in [0.05, 0.1) is 5.60 Å². The molecule has 0 aliphatic heterocycles. The van der Waals surface area contributed by atoms with Crippen molar-refractivity contribution in [2.75, 3.05) is 0 Å². The summed E-state index contributed by atoms with van der Waals surface area (Å²) in [5, 5.41) is 3.99. The molecule has 0 aromatic carbocycles. The Morgan fingerprint density at radius 3 is 2.60 bits per heavy atom. The lowest BCUT2D eigenvalue weighted by Crippen LogP contribution is -2.10. The second-order valence-corrected chi connectivity index (χ2v) is 1.51. The van der Waals surface area contributed by atoms with E-state index in [9.17, 15) is 0 Å². The molecule has 5 heavy (non-hydrogen) atoms. The van der Waals surface area contributed by atoms with Crippen LogP contribution in [0.1, 0.15) is 24.8 Å². The molecule has 1 heteroatoms. The molecule has 0 heterocycles. The molecule has 0 aromatic heterocycles. The summed E-state index contributed by atoms with van der Waals surface area (Å²) in [6.45, 7) is 0.495. The van der Waals surface area contributed by atoms with E-state index in [1.807, 2.05) is 0 Å². The Hall–Kier alpha value is -0.0400. The molecule has 0 unspecified atom stereocenters. The van der Waals surface area contributed by atoms with Gasteiger partial charge in [-0.3, -0.25) is 0 Å². The predicted octanol–water partition coefficient (Wildman–Crippen LogP) is 0.777. The van der Waals surface area contributed by atoms with Gasteiger partial charge in [0.1, 0.15) is 0 Å². The Kier molecular flexibility index (Phi) is 0.240. The van der Waals surface area contributed by atoms with Crippen LogP contribution >= 0.6 is 0 Å². The first-order chi connectivity index (χ1) is 3.81. The zero-order valence-corrected chi connectivity index (χ0v) is 3.41. The van der Waals surface area contributed by atoms with Crippen LogP contribution in [0.15, 0.2) is 0 Å². The molecule has 0 aliphatic carbocycles. The SMILES string of the molecule is [2H]OC(C)(C)C([2H])([2H])[2H]. The summed E-state index contributed by atoms with van der Waals surface area (Å²) in [7, 11) is 0. The van der Waals surface area contributed by atoms with Crippen molar-refractivity contribution in [3.8, 4) is 0 Å². The highest BCUT2D eigenvalue weighted by Crippen LogP contribution is 1.93. The van der Waals surface area contributed by atoms with Crippen LogP contribution in [0.2, 0.25) is 0 Å². The van der Waals surface area contributed by atoms with Gasteiger partial charge in [0.15, 0.2) is 0 Å². The summed E-state index contributed by atoms with van der Waals surface area (Å²) < 4.78 is 26.9. The van der Waals surface area contributed by atoms with Crippen LogP contribution in [0.3, 0.4) is 0 Å². The predicted molar refractivity (Wildman–Crippen MR) is 22.0 cm³/mol. The Bertz CT molecular complexity index is 95.2. The molecule has 0 radical (unpaired) electrons. The molecule has 32 valence electrons. The van der Waals surface area contributed by atoms with E-state index in [1.165, 1.54) is 13.8 Å². The molecule has 1 N–H and O–H groups in total. The third-order valence-electron chi connectivity index (χ3n) is 0. The van der Waals surface area contributed by atoms with E-state index in [0.29, 0.717) is 0 Å². The maximum absolute atomic E-state index is 6.82. The molecule has 0 saturated heterocycles. The van der Waals surface area contributed by atoms with Crippen LogP contribution < -0.4 is 0 Å². The highest BCUT2D eigenvalue weighted by atomic mass is 16.3. The van der Waals surface area contributed by atoms with Crippen molar-refractivity contribution in [2.45, 2.75) is 26.3 Å². The quantitative estimate of drug-likeness (QED) is 0.454. The van der Waals surface area contributed by atoms with E-state index in [0.717, 1.165) is 0 Å². The van der Waals surface area contributed by atoms with Crippen molar-refractivity contribution in [1.29, 1.82) is 1.43 Å². The van der Waals surface area contributed by atoms with E-state index in [-0.39, 0.29) is 0 Å². The minimum atomic E-state index is -2.21. The highest BCUT2D eigenvalue weighted by molar-refractivity contribution is 4.50. The van der Waals surface area contributed by atoms with Gasteiger partial charge in [0.25, 0.3) is 0 Å². The zero-order valence-electron chi connectivity index (χ0n) is 7.41. The number of rotatable bonds is 0. The molecular formula is C4H10O. The first-order valence-electron chi connectivity index (χ1n) is 3.36. The average molecular weight is 78.1 g/mol. The summed E-state index contributed by atoms with van der Waals surface area (Å²) in [5.41, 5.74) is -1.35. The van der Waals surface area contributed by atoms with Gasteiger partial charge in [-0.25, -0.2) is 0 Å². The molecule has 0 fully saturated rings. The number of hydrogen-bond acceptors (Lipinski definition) is 1. The molecule has 0 rings (SSSR count). The van der Waals surface area contributed by atoms with E-state index in [2.05, 4.69) is 5.11 Å². The van der Waals surface area contributed by atoms with Crippen LogP contribution in [-0.4, -0.2) is 12.1 Å². The first kappa shape index (κ1) is 1.23. The van der Waals surface area contributed by atoms with Crippen molar-refractivity contribution in [1.82, 2.24) is 0 Å². The lowest BCUT2D eigenvalue weighted by molar-refractivity contribution is 0.102. The fourth-order valence-electron chi connectivity index (χ4n) is 0. The average Bonchev–Trinajstić information content (AvgIpc) is 1.64. The molecular weight excluding hydrogens is 64.0 g/mol. The lowest BCUT2D eigenvalue weighted by Gasteiger charge is -2.04. The van der Waals surface area contributed by atoms with Crippen molar-refractivity contribution < 1.29 is 9.22 Å². The summed E-state index contributed by atoms with van der Waals surface area (Å²) >= 11 is 0. The van der Waals surface area contributed by atoms with Gasteiger partial charge in [-0.1, -0.05) is 0 Å². The largest absolute Gasteiger partial charge is 0.391 e. The molecule has 0 bridgehead atoms. The van der Waals surface area contributed by atoms with Gasteiger partial charge in [-0.15, -0.1) is 0 Å². The molecule has 0 amide bonds. The van der Waals surface area contributed by atoms with Crippen LogP contribution in [0, 0.1) is 0 Å². The summed E-state index contributed by atoms with van der Waals surface area (Å²) in [5.74, 6) is 0. The third-order valence-corrected chi connectivity index (χ3v) is 0. The van der Waals surface area contributed by atoms with E-state index in [4.69, 9.17) is 5.54 Å². The molecule has 0 saturated carbocycles. The van der Waals surface area contributed by atoms with Crippen LogP contribution in [0.5, 0.6) is 0 Å². The Labute approximate surface area is 38.3 Å². The zero-order chi connectivity index (χ0) is 7.71. The van der Waals surface area contributed by atoms with E-state index in [1.54, 1.807) is 0 Å². The van der Waals surface area contributed by atoms with Crippen LogP contribution in [0.25, 0.3) is 0 Å². The second-order valence-electron chi connectivity index (χ2n) is 1.51. The van der Waals surface area contributed by atoms with Crippen LogP contribution in [-0.2, 0) is 0 Å². The molecule has 1 nitrogen and oxygen atoms in total. The van der Waals surface area contributed by atoms with Crippen LogP contribution in [0.4, 0.5) is 0 Å². The highest BCUT2D eigenvalue weighted by Gasteiger charge is 1.97. The smallest absolute Gasteiger partial charge is 0.211 e. The standard InChI is InChI=1S/C4H10O/c1-4(2,3)5/h5H,1-3H3/i1D3,5D. The third kappa shape index (κ3) is 9510. The normalized spacial score (nSPS) is 26.0. The van der Waals surface area contributed by atoms with Gasteiger partial charge >= 0.3 is 0 Å². The summed E-state index contributed by atoms with van der Waals surface area (Å²) in [4.78, 5) is 0. The topological polar surface area (TPSA) is 20.2 Å². The monoisotopic (exact) mass is 78.1 g/mol. The van der Waals surface area contributed by atoms with E-state index < -0.39 is 12.5 Å². The second kappa shape index (κ2) is 0.977. The fourth-order valence-corrected chi connectivity index (χ4v) is 0. The van der Waals surface area contributed by atoms with Crippen molar-refractivity contribution in [2.24, 2.45) is 0 Å². The Morgan fingerprint density at radius 2 is 2.60 bits per heavy atom. The van der Waals surface area contributed by atoms with Crippen molar-refractivity contribution in [3.63, 3.8) is 0 Å². The Morgan fingerprint density at radius 1 is 2.00 bits per heavy atom. The minimum Gasteiger partial charge on any atom is -0.391 e. The molecule has 0 atom stereocenters. The molecule has 0 aromatic rings. The van der Waals surface area contributed by atoms with Crippen molar-refractivity contribution in [3.05, 3.63) is 0 Å². The van der Waals surface area contributed by atoms with Gasteiger partial charge in [-0.05, 0) is 20.7 Å². The maximum Gasteiger partial charge on any atom is 0.211 e. The van der Waals surface area contributed by atoms with Crippen molar-refractivity contribution >= 4 is 0 Å². The maximum atomic E-state index is 6.82. The van der Waals surface area contributed by atoms with E-state index >= 15 is 0 Å². The minimum absolute atomic E-state index is 1.35. The number of aliphatic hydroxyl groups is 1. The number of hydrogen-bond donors (Lipinski definition) is 1. The first-order valence-corrected chi connectivity index (χ1v) is 1.45.